The fourth-order valence-electron chi connectivity index (χ4n) is 0. The summed E-state index contributed by atoms with van der Waals surface area (Å²) in [5, 5.41) is 14.7. The van der Waals surface area contributed by atoms with Gasteiger partial charge in [0.1, 0.15) is 6.79 Å². The summed E-state index contributed by atoms with van der Waals surface area (Å²) in [5.74, 6) is 0. The Morgan fingerprint density at radius 2 is 1.12 bits per heavy atom. The molecule has 0 amide bonds. The summed E-state index contributed by atoms with van der Waals surface area (Å²) in [6.07, 6.45) is 0. The maximum atomic E-state index is 8.00. The molecule has 0 spiro atoms. The molecule has 3 nitrogen and oxygen atoms in total. The molecule has 0 saturated carbocycles. The van der Waals surface area contributed by atoms with Crippen LogP contribution in [-0.2, 0) is 44.4 Å². The molecular weight excluding hydrogens is 448 g/mol. The van der Waals surface area contributed by atoms with E-state index < -0.39 is 0 Å². The monoisotopic (exact) mass is 450 g/mol. The Morgan fingerprint density at radius 1 is 1.12 bits per heavy atom. The van der Waals surface area contributed by atoms with Crippen molar-refractivity contribution in [1.29, 1.82) is 10.5 Å². The standard InChI is InChI=1S/2CN.CH2O.2W/c3*1-2;;/h;;1H2;;. The zero-order valence-electron chi connectivity index (χ0n) is 3.83. The molecule has 0 atom stereocenters. The van der Waals surface area contributed by atoms with Crippen LogP contribution in [0.4, 0.5) is 0 Å². The second-order valence-corrected chi connectivity index (χ2v) is 1.49. The summed E-state index contributed by atoms with van der Waals surface area (Å²) in [4.78, 5) is 8.00. The third-order valence-corrected chi connectivity index (χ3v) is 0. The first-order valence-corrected chi connectivity index (χ1v) is 4.08. The number of nitrogens with zero attached hydrogens (tertiary/aromatic N) is 2. The molecule has 0 rings (SSSR count). The van der Waals surface area contributed by atoms with Crippen molar-refractivity contribution >= 4 is 6.79 Å². The summed E-state index contributed by atoms with van der Waals surface area (Å²) >= 11 is 1.95. The van der Waals surface area contributed by atoms with Gasteiger partial charge < -0.3 is 4.79 Å². The normalized spacial score (nSPS) is 2.25. The topological polar surface area (TPSA) is 64.7 Å². The average molecular weight is 450 g/mol. The molecule has 0 fully saturated rings. The van der Waals surface area contributed by atoms with Gasteiger partial charge in [-0.3, -0.25) is 0 Å². The van der Waals surface area contributed by atoms with E-state index >= 15 is 0 Å². The Kier molecular flexibility index (Phi) is 122. The van der Waals surface area contributed by atoms with Crippen molar-refractivity contribution in [2.75, 3.05) is 0 Å². The van der Waals surface area contributed by atoms with Gasteiger partial charge in [0, 0.05) is 0 Å². The Hall–Kier alpha value is 0.0266. The van der Waals surface area contributed by atoms with Crippen LogP contribution in [0.2, 0.25) is 0 Å². The molecule has 0 aliphatic rings. The van der Waals surface area contributed by atoms with E-state index in [1.54, 1.807) is 0 Å². The van der Waals surface area contributed by atoms with Crippen molar-refractivity contribution in [3.05, 3.63) is 0 Å². The predicted molar refractivity (Wildman–Crippen MR) is 18.3 cm³/mol. The summed E-state index contributed by atoms with van der Waals surface area (Å²) < 4.78 is 3.67. The molecule has 0 saturated heterocycles. The Labute approximate surface area is 70.5 Å². The number of hydrogen-bond acceptors (Lipinski definition) is 3. The van der Waals surface area contributed by atoms with Gasteiger partial charge in [0.15, 0.2) is 0 Å². The van der Waals surface area contributed by atoms with E-state index in [0.717, 1.165) is 39.6 Å². The van der Waals surface area contributed by atoms with Gasteiger partial charge in [-0.15, -0.1) is 0 Å². The van der Waals surface area contributed by atoms with Crippen LogP contribution in [0.1, 0.15) is 0 Å². The van der Waals surface area contributed by atoms with Crippen molar-refractivity contribution in [2.45, 2.75) is 0 Å². The molecule has 0 heterocycles. The molecule has 0 bridgehead atoms. The van der Waals surface area contributed by atoms with Crippen LogP contribution >= 0.6 is 0 Å². The van der Waals surface area contributed by atoms with Crippen molar-refractivity contribution in [1.82, 2.24) is 0 Å². The molecule has 0 radical (unpaired) electrons. The molecule has 5 heteroatoms. The van der Waals surface area contributed by atoms with Gasteiger partial charge in [0.2, 0.25) is 0 Å². The molecule has 0 aromatic heterocycles. The third-order valence-electron chi connectivity index (χ3n) is 0. The first-order chi connectivity index (χ1) is 3.83. The summed E-state index contributed by atoms with van der Waals surface area (Å²) in [5.41, 5.74) is 0. The maximum absolute atomic E-state index is 8.00. The van der Waals surface area contributed by atoms with Crippen LogP contribution in [0, 0.1) is 19.4 Å². The van der Waals surface area contributed by atoms with Crippen LogP contribution in [0.5, 0.6) is 0 Å². The minimum atomic E-state index is 0.977. The number of carbonyl (C=O) groups excluding carboxylic acids is 1. The van der Waals surface area contributed by atoms with E-state index in [0.29, 0.717) is 0 Å². The van der Waals surface area contributed by atoms with Crippen LogP contribution in [0.3, 0.4) is 0 Å². The second-order valence-electron chi connectivity index (χ2n) is 0.183. The number of nitriles is 2. The van der Waals surface area contributed by atoms with Gasteiger partial charge in [0.25, 0.3) is 0 Å². The van der Waals surface area contributed by atoms with Crippen molar-refractivity contribution in [2.24, 2.45) is 0 Å². The SMILES string of the molecule is C=O.N#[C][W].N#[C][W]. The van der Waals surface area contributed by atoms with Gasteiger partial charge in [-0.25, -0.2) is 0 Å². The first-order valence-electron chi connectivity index (χ1n) is 1.14. The first kappa shape index (κ1) is 15.7. The van der Waals surface area contributed by atoms with Crippen LogP contribution in [0.25, 0.3) is 0 Å². The molecule has 0 N–H and O–H groups in total. The Bertz CT molecular complexity index is 80.4. The molecule has 0 unspecified atom stereocenters. The quantitative estimate of drug-likeness (QED) is 0.516. The number of carbonyl (C=O) groups is 1. The van der Waals surface area contributed by atoms with Crippen LogP contribution < -0.4 is 0 Å². The molecular formula is C3H2N2OW2. The number of hydrogen-bond donors (Lipinski definition) is 0. The van der Waals surface area contributed by atoms with Crippen LogP contribution in [0.15, 0.2) is 0 Å². The van der Waals surface area contributed by atoms with Gasteiger partial charge in [-0.2, -0.15) is 0 Å². The second kappa shape index (κ2) is 62.1. The van der Waals surface area contributed by atoms with Gasteiger partial charge >= 0.3 is 59.1 Å². The Balaban J connectivity index is -0.0000000483. The van der Waals surface area contributed by atoms with E-state index in [4.69, 9.17) is 15.3 Å². The van der Waals surface area contributed by atoms with Crippen molar-refractivity contribution < 1.29 is 44.4 Å². The van der Waals surface area contributed by atoms with Crippen molar-refractivity contribution in [3.63, 3.8) is 0 Å². The number of rotatable bonds is 0. The van der Waals surface area contributed by atoms with Gasteiger partial charge in [0.05, 0.1) is 0 Å². The van der Waals surface area contributed by atoms with E-state index in [2.05, 4.69) is 0 Å². The predicted octanol–water partition coefficient (Wildman–Crippen LogP) is -0.156. The van der Waals surface area contributed by atoms with Crippen molar-refractivity contribution in [3.8, 4) is 8.92 Å². The van der Waals surface area contributed by atoms with E-state index in [1.807, 2.05) is 15.7 Å². The zero-order valence-corrected chi connectivity index (χ0v) is 9.69. The summed E-state index contributed by atoms with van der Waals surface area (Å²) in [7, 11) is 0. The summed E-state index contributed by atoms with van der Waals surface area (Å²) in [6.45, 7) is 2.00. The third kappa shape index (κ3) is 215000. The molecule has 0 aromatic rings. The van der Waals surface area contributed by atoms with Gasteiger partial charge in [-0.1, -0.05) is 0 Å². The van der Waals surface area contributed by atoms with E-state index in [9.17, 15) is 0 Å². The fourth-order valence-corrected chi connectivity index (χ4v) is 0. The van der Waals surface area contributed by atoms with E-state index in [-0.39, 0.29) is 0 Å². The molecule has 42 valence electrons. The molecule has 8 heavy (non-hydrogen) atoms. The minimum absolute atomic E-state index is 0.977. The molecule has 0 aliphatic carbocycles. The zero-order chi connectivity index (χ0) is 7.41. The average Bonchev–Trinajstić information content (AvgIpc) is 1.75. The van der Waals surface area contributed by atoms with E-state index in [1.165, 1.54) is 0 Å². The fraction of sp³-hybridized carbons (Fsp3) is 0. The summed E-state index contributed by atoms with van der Waals surface area (Å²) in [6, 6.07) is 0. The van der Waals surface area contributed by atoms with Gasteiger partial charge in [-0.05, 0) is 0 Å². The Morgan fingerprint density at radius 3 is 1.12 bits per heavy atom. The molecule has 0 aliphatic heterocycles. The van der Waals surface area contributed by atoms with Crippen LogP contribution in [-0.4, -0.2) is 6.79 Å². The molecule has 0 aromatic carbocycles.